The second kappa shape index (κ2) is 26.9. The first-order chi connectivity index (χ1) is 30.2. The van der Waals surface area contributed by atoms with Gasteiger partial charge in [0, 0.05) is 0 Å². The molecule has 8 N–H and O–H groups in total. The number of carbonyl (C=O) groups is 6. The van der Waals surface area contributed by atoms with Crippen LogP contribution in [0.1, 0.15) is 154 Å². The van der Waals surface area contributed by atoms with Crippen molar-refractivity contribution in [3.05, 3.63) is 70.8 Å². The van der Waals surface area contributed by atoms with E-state index in [1.165, 1.54) is 11.1 Å². The van der Waals surface area contributed by atoms with Gasteiger partial charge in [0.15, 0.2) is 0 Å². The molecule has 0 bridgehead atoms. The van der Waals surface area contributed by atoms with Gasteiger partial charge in [-0.2, -0.15) is 0 Å². The Hall–Kier alpha value is -4.24. The van der Waals surface area contributed by atoms with E-state index in [-0.39, 0.29) is 60.5 Å². The molecule has 0 heterocycles. The fraction of sp³-hybridized carbons (Fsp3) is 0.640. The highest BCUT2D eigenvalue weighted by atomic mass is 35.5. The van der Waals surface area contributed by atoms with Crippen molar-refractivity contribution in [2.24, 2.45) is 10.8 Å². The molecule has 16 heteroatoms. The van der Waals surface area contributed by atoms with Gasteiger partial charge in [0.25, 0.3) is 0 Å². The highest BCUT2D eigenvalue weighted by Crippen LogP contribution is 2.31. The predicted molar refractivity (Wildman–Crippen MR) is 266 cm³/mol. The van der Waals surface area contributed by atoms with Crippen LogP contribution in [-0.4, -0.2) is 85.8 Å². The Kier molecular flexibility index (Phi) is 23.6. The molecule has 6 amide bonds. The first-order valence-corrected chi connectivity index (χ1v) is 23.6. The number of aryl methyl sites for hydroxylation is 2. The van der Waals surface area contributed by atoms with E-state index in [1.807, 2.05) is 65.8 Å². The van der Waals surface area contributed by atoms with Crippen LogP contribution in [0.15, 0.2) is 48.5 Å². The highest BCUT2D eigenvalue weighted by Gasteiger charge is 2.38. The summed E-state index contributed by atoms with van der Waals surface area (Å²) >= 11 is 0. The fourth-order valence-corrected chi connectivity index (χ4v) is 8.60. The van der Waals surface area contributed by atoms with Gasteiger partial charge in [0.1, 0.15) is 24.2 Å². The molecule has 2 aromatic rings. The van der Waals surface area contributed by atoms with Crippen LogP contribution in [-0.2, 0) is 41.6 Å². The summed E-state index contributed by atoms with van der Waals surface area (Å²) in [5, 5.41) is 24.1. The molecule has 8 atom stereocenters. The Morgan fingerprint density at radius 1 is 0.515 bits per heavy atom. The van der Waals surface area contributed by atoms with Crippen LogP contribution in [0.4, 0.5) is 0 Å². The van der Waals surface area contributed by atoms with Gasteiger partial charge < -0.3 is 42.5 Å². The molecular formula is C50H80Cl2N8O6. The van der Waals surface area contributed by atoms with Crippen LogP contribution in [0, 0.1) is 10.8 Å². The molecular weight excluding hydrogens is 880 g/mol. The van der Waals surface area contributed by atoms with Gasteiger partial charge in [0.2, 0.25) is 35.4 Å². The maximum absolute atomic E-state index is 14.1. The van der Waals surface area contributed by atoms with Crippen molar-refractivity contribution in [3.8, 4) is 0 Å². The number of benzene rings is 2. The summed E-state index contributed by atoms with van der Waals surface area (Å²) in [5.41, 5.74) is 3.33. The van der Waals surface area contributed by atoms with Crippen molar-refractivity contribution in [2.45, 2.75) is 181 Å². The second-order valence-electron chi connectivity index (χ2n) is 20.1. The number of hydrogen-bond donors (Lipinski definition) is 8. The van der Waals surface area contributed by atoms with E-state index in [9.17, 15) is 28.8 Å². The summed E-state index contributed by atoms with van der Waals surface area (Å²) in [5.74, 6) is -2.03. The lowest BCUT2D eigenvalue weighted by atomic mass is 9.85. The topological polar surface area (TPSA) is 199 Å². The molecule has 0 fully saturated rings. The molecule has 0 aliphatic heterocycles. The van der Waals surface area contributed by atoms with E-state index in [4.69, 9.17) is 0 Å². The number of halogens is 2. The van der Waals surface area contributed by atoms with E-state index in [1.54, 1.807) is 27.9 Å². The standard InChI is InChI=1S/C50H78N8O6.2ClH/c1-31(51-9)43(59)57-41(49(3,4)5)47(63)55-39(45(61)53-37-29-19-23-33-21-15-17-25-35(33)37)27-13-11-12-14-28-40(46(62)54-38-30-20-24-34-22-16-18-26-36(34)38)56-48(64)42(50(6,7)8)58-44(60)32(2)52-10;;/h15-18,21-22,25-26,31-32,37-42,51-52H,11-14,19-20,23-24,27-30H2,1-10H3,(H,53,61)(H,54,62)(H,55,63)(H,56,64)(H,57,59)(H,58,60);2*1H/t31-,32-,37+,38+,39-,40-,41+,42+;;/m0../s1. The summed E-state index contributed by atoms with van der Waals surface area (Å²) in [6.07, 6.45) is 8.70. The van der Waals surface area contributed by atoms with Gasteiger partial charge in [-0.05, 0) is 112 Å². The average Bonchev–Trinajstić information content (AvgIpc) is 3.26. The Morgan fingerprint density at radius 3 is 1.20 bits per heavy atom. The normalized spacial score (nSPS) is 18.3. The van der Waals surface area contributed by atoms with Crippen LogP contribution in [0.25, 0.3) is 0 Å². The van der Waals surface area contributed by atoms with Gasteiger partial charge in [0.05, 0.1) is 24.2 Å². The molecule has 370 valence electrons. The maximum atomic E-state index is 14.1. The first kappa shape index (κ1) is 57.9. The zero-order chi connectivity index (χ0) is 47.2. The number of nitrogens with one attached hydrogen (secondary N) is 8. The lowest BCUT2D eigenvalue weighted by Crippen LogP contribution is -2.59. The number of rotatable bonds is 21. The van der Waals surface area contributed by atoms with E-state index in [0.717, 1.165) is 49.7 Å². The fourth-order valence-electron chi connectivity index (χ4n) is 8.60. The number of unbranched alkanes of at least 4 members (excludes halogenated alkanes) is 3. The Bertz CT molecular complexity index is 1780. The number of hydrogen-bond acceptors (Lipinski definition) is 8. The Labute approximate surface area is 406 Å². The third kappa shape index (κ3) is 16.8. The van der Waals surface area contributed by atoms with Gasteiger partial charge in [-0.1, -0.05) is 116 Å². The average molecular weight is 960 g/mol. The quantitative estimate of drug-likeness (QED) is 0.0718. The first-order valence-electron chi connectivity index (χ1n) is 23.6. The molecule has 2 aromatic carbocycles. The summed E-state index contributed by atoms with van der Waals surface area (Å²) in [6.45, 7) is 14.7. The predicted octanol–water partition coefficient (Wildman–Crippen LogP) is 5.81. The van der Waals surface area contributed by atoms with E-state index in [0.29, 0.717) is 38.5 Å². The lowest BCUT2D eigenvalue weighted by molar-refractivity contribution is -0.135. The summed E-state index contributed by atoms with van der Waals surface area (Å²) in [4.78, 5) is 82.2. The van der Waals surface area contributed by atoms with Crippen molar-refractivity contribution in [1.29, 1.82) is 0 Å². The zero-order valence-corrected chi connectivity index (χ0v) is 42.6. The molecule has 14 nitrogen and oxygen atoms in total. The molecule has 4 rings (SSSR count). The number of carbonyl (C=O) groups excluding carboxylic acids is 6. The van der Waals surface area contributed by atoms with Crippen molar-refractivity contribution >= 4 is 60.3 Å². The van der Waals surface area contributed by atoms with Crippen molar-refractivity contribution in [1.82, 2.24) is 42.5 Å². The van der Waals surface area contributed by atoms with E-state index < -0.39 is 58.9 Å². The summed E-state index contributed by atoms with van der Waals surface area (Å²) < 4.78 is 0. The van der Waals surface area contributed by atoms with Crippen LogP contribution in [0.3, 0.4) is 0 Å². The molecule has 0 saturated heterocycles. The molecule has 0 saturated carbocycles. The van der Waals surface area contributed by atoms with Gasteiger partial charge >= 0.3 is 0 Å². The molecule has 0 radical (unpaired) electrons. The minimum Gasteiger partial charge on any atom is -0.348 e. The molecule has 0 spiro atoms. The summed E-state index contributed by atoms with van der Waals surface area (Å²) in [7, 11) is 3.36. The molecule has 0 aromatic heterocycles. The minimum atomic E-state index is -0.889. The number of fused-ring (bicyclic) bond motifs is 2. The second-order valence-corrected chi connectivity index (χ2v) is 20.1. The van der Waals surface area contributed by atoms with Crippen LogP contribution in [0.5, 0.6) is 0 Å². The summed E-state index contributed by atoms with van der Waals surface area (Å²) in [6, 6.07) is 11.4. The van der Waals surface area contributed by atoms with E-state index in [2.05, 4.69) is 66.8 Å². The van der Waals surface area contributed by atoms with Crippen molar-refractivity contribution < 1.29 is 28.8 Å². The van der Waals surface area contributed by atoms with Crippen molar-refractivity contribution in [3.63, 3.8) is 0 Å². The number of likely N-dealkylation sites (N-methyl/N-ethyl adjacent to an activating group) is 2. The smallest absolute Gasteiger partial charge is 0.243 e. The molecule has 2 aliphatic rings. The van der Waals surface area contributed by atoms with Crippen LogP contribution in [0.2, 0.25) is 0 Å². The van der Waals surface area contributed by atoms with Crippen molar-refractivity contribution in [2.75, 3.05) is 14.1 Å². The van der Waals surface area contributed by atoms with Gasteiger partial charge in [-0.3, -0.25) is 28.8 Å². The third-order valence-electron chi connectivity index (χ3n) is 12.9. The van der Waals surface area contributed by atoms with Gasteiger partial charge in [-0.25, -0.2) is 0 Å². The monoisotopic (exact) mass is 959 g/mol. The number of amides is 6. The van der Waals surface area contributed by atoms with E-state index >= 15 is 0 Å². The van der Waals surface area contributed by atoms with Crippen LogP contribution < -0.4 is 42.5 Å². The van der Waals surface area contributed by atoms with Gasteiger partial charge in [-0.15, -0.1) is 24.8 Å². The molecule has 0 unspecified atom stereocenters. The zero-order valence-electron chi connectivity index (χ0n) is 41.0. The SMILES string of the molecule is CN[C@@H](C)C(=O)N[C@H](C(=O)N[C@@H](CCCCCC[C@H](NC(=O)[C@@H](NC(=O)[C@H](C)NC)C(C)(C)C)C(=O)N[C@@H]1CCCc2ccccc21)C(=O)N[C@@H]1CCCc2ccccc21)C(C)(C)C.Cl.Cl. The lowest BCUT2D eigenvalue weighted by Gasteiger charge is -2.33. The van der Waals surface area contributed by atoms with Crippen LogP contribution >= 0.6 is 24.8 Å². The third-order valence-corrected chi connectivity index (χ3v) is 12.9. The highest BCUT2D eigenvalue weighted by molar-refractivity contribution is 5.94. The largest absolute Gasteiger partial charge is 0.348 e. The Morgan fingerprint density at radius 2 is 0.864 bits per heavy atom. The maximum Gasteiger partial charge on any atom is 0.243 e. The Balaban J connectivity index is 0.00000748. The molecule has 2 aliphatic carbocycles. The minimum absolute atomic E-state index is 0. The molecule has 66 heavy (non-hydrogen) atoms.